The standard InChI is InChI=1S/C31H30F2N6O4/c1-19(29-35-26-7-4-20(31(40)41)15-27(26)39(29)17-23-9-14-42-23)37-10-12-38(13-11-37)30-24(32)6-8-28(36-30)43-18-21-3-5-22(34-2)16-25(21)33/h3-8,15-16,19,23H,9-14,17-18H2,1H3,(H,40,41)/t19?,23-/m0/s1. The number of rotatable bonds is 9. The Morgan fingerprint density at radius 2 is 1.91 bits per heavy atom. The van der Waals surface area contributed by atoms with Gasteiger partial charge in [-0.15, -0.1) is 0 Å². The second-order valence-corrected chi connectivity index (χ2v) is 10.7. The van der Waals surface area contributed by atoms with Gasteiger partial charge in [-0.25, -0.2) is 23.4 Å². The minimum Gasteiger partial charge on any atom is -0.478 e. The number of ether oxygens (including phenoxy) is 2. The Morgan fingerprint density at radius 3 is 2.58 bits per heavy atom. The largest absolute Gasteiger partial charge is 0.478 e. The number of fused-ring (bicyclic) bond motifs is 1. The summed E-state index contributed by atoms with van der Waals surface area (Å²) in [7, 11) is 0. The van der Waals surface area contributed by atoms with Crippen LogP contribution < -0.4 is 9.64 Å². The van der Waals surface area contributed by atoms with Crippen LogP contribution in [0.25, 0.3) is 15.9 Å². The maximum absolute atomic E-state index is 14.9. The maximum atomic E-state index is 14.9. The molecule has 6 rings (SSSR count). The first-order valence-corrected chi connectivity index (χ1v) is 14.1. The Labute approximate surface area is 246 Å². The van der Waals surface area contributed by atoms with Crippen molar-refractivity contribution in [2.75, 3.05) is 37.7 Å². The zero-order valence-corrected chi connectivity index (χ0v) is 23.5. The molecule has 0 bridgehead atoms. The third kappa shape index (κ3) is 5.86. The van der Waals surface area contributed by atoms with Crippen LogP contribution >= 0.6 is 0 Å². The van der Waals surface area contributed by atoms with Crippen LogP contribution in [0.3, 0.4) is 0 Å². The molecule has 4 aromatic rings. The molecule has 10 nitrogen and oxygen atoms in total. The number of piperazine rings is 1. The molecule has 2 aromatic heterocycles. The van der Waals surface area contributed by atoms with Gasteiger partial charge in [0.2, 0.25) is 5.88 Å². The average molecular weight is 589 g/mol. The normalized spacial score (nSPS) is 17.8. The molecule has 0 spiro atoms. The maximum Gasteiger partial charge on any atom is 0.335 e. The molecule has 0 aliphatic carbocycles. The lowest BCUT2D eigenvalue weighted by Crippen LogP contribution is -2.48. The van der Waals surface area contributed by atoms with E-state index in [1.54, 1.807) is 18.2 Å². The Kier molecular flexibility index (Phi) is 7.92. The molecule has 0 radical (unpaired) electrons. The number of halogens is 2. The van der Waals surface area contributed by atoms with Crippen molar-refractivity contribution in [3.63, 3.8) is 0 Å². The number of hydrogen-bond acceptors (Lipinski definition) is 7. The third-order valence-corrected chi connectivity index (χ3v) is 8.08. The molecule has 1 unspecified atom stereocenters. The van der Waals surface area contributed by atoms with E-state index >= 15 is 0 Å². The van der Waals surface area contributed by atoms with Crippen molar-refractivity contribution in [1.82, 2.24) is 19.4 Å². The lowest BCUT2D eigenvalue weighted by Gasteiger charge is -2.38. The monoisotopic (exact) mass is 588 g/mol. The van der Waals surface area contributed by atoms with Crippen molar-refractivity contribution in [2.24, 2.45) is 0 Å². The number of anilines is 1. The van der Waals surface area contributed by atoms with Crippen molar-refractivity contribution in [3.05, 3.63) is 88.5 Å². The lowest BCUT2D eigenvalue weighted by atomic mass is 10.1. The highest BCUT2D eigenvalue weighted by Crippen LogP contribution is 2.30. The highest BCUT2D eigenvalue weighted by atomic mass is 19.1. The van der Waals surface area contributed by atoms with Crippen molar-refractivity contribution < 1.29 is 28.2 Å². The van der Waals surface area contributed by atoms with E-state index in [2.05, 4.69) is 26.2 Å². The molecule has 2 aromatic carbocycles. The number of aromatic carboxylic acids is 1. The molecule has 2 aliphatic heterocycles. The molecular formula is C31H30F2N6O4. The van der Waals surface area contributed by atoms with Crippen LogP contribution in [0.1, 0.15) is 41.1 Å². The molecule has 4 heterocycles. The van der Waals surface area contributed by atoms with Crippen molar-refractivity contribution in [3.8, 4) is 5.88 Å². The third-order valence-electron chi connectivity index (χ3n) is 8.08. The number of carboxylic acid groups (broad SMARTS) is 1. The zero-order valence-electron chi connectivity index (χ0n) is 23.5. The summed E-state index contributed by atoms with van der Waals surface area (Å²) >= 11 is 0. The molecule has 2 saturated heterocycles. The minimum absolute atomic E-state index is 0.0619. The zero-order chi connectivity index (χ0) is 30.1. The number of benzene rings is 2. The highest BCUT2D eigenvalue weighted by molar-refractivity contribution is 5.92. The fraction of sp³-hybridized carbons (Fsp3) is 0.355. The molecule has 222 valence electrons. The van der Waals surface area contributed by atoms with E-state index in [9.17, 15) is 18.7 Å². The number of carbonyl (C=O) groups is 1. The number of hydrogen-bond donors (Lipinski definition) is 1. The SMILES string of the molecule is [C-]#[N+]c1ccc(COc2ccc(F)c(N3CCN(C(C)c4nc5ccc(C(=O)O)cc5n4C[C@@H]4CCO4)CC3)n2)c(F)c1. The summed E-state index contributed by atoms with van der Waals surface area (Å²) in [4.78, 5) is 28.2. The van der Waals surface area contributed by atoms with Gasteiger partial charge in [-0.05, 0) is 43.7 Å². The van der Waals surface area contributed by atoms with Gasteiger partial charge >= 0.3 is 5.97 Å². The highest BCUT2D eigenvalue weighted by Gasteiger charge is 2.30. The van der Waals surface area contributed by atoms with Crippen LogP contribution in [0.5, 0.6) is 5.88 Å². The number of pyridine rings is 1. The fourth-order valence-corrected chi connectivity index (χ4v) is 5.49. The van der Waals surface area contributed by atoms with Crippen LogP contribution in [-0.2, 0) is 17.9 Å². The van der Waals surface area contributed by atoms with Gasteiger partial charge in [0, 0.05) is 44.4 Å². The summed E-state index contributed by atoms with van der Waals surface area (Å²) in [6.45, 7) is 12.5. The van der Waals surface area contributed by atoms with Gasteiger partial charge in [0.25, 0.3) is 0 Å². The topological polar surface area (TPSA) is 97.3 Å². The molecular weight excluding hydrogens is 558 g/mol. The van der Waals surface area contributed by atoms with Crippen molar-refractivity contribution in [1.29, 1.82) is 0 Å². The summed E-state index contributed by atoms with van der Waals surface area (Å²) in [6.07, 6.45) is 1.00. The van der Waals surface area contributed by atoms with Gasteiger partial charge in [0.1, 0.15) is 18.2 Å². The first-order valence-electron chi connectivity index (χ1n) is 14.1. The summed E-state index contributed by atoms with van der Waals surface area (Å²) < 4.78 is 42.6. The summed E-state index contributed by atoms with van der Waals surface area (Å²) in [5.41, 5.74) is 2.18. The van der Waals surface area contributed by atoms with Gasteiger partial charge in [-0.1, -0.05) is 12.1 Å². The van der Waals surface area contributed by atoms with E-state index in [1.807, 2.05) is 4.90 Å². The summed E-state index contributed by atoms with van der Waals surface area (Å²) in [6, 6.07) is 11.8. The van der Waals surface area contributed by atoms with Gasteiger partial charge in [0.05, 0.1) is 41.9 Å². The Morgan fingerprint density at radius 1 is 1.12 bits per heavy atom. The number of aromatic nitrogens is 3. The molecule has 2 atom stereocenters. The first-order chi connectivity index (χ1) is 20.8. The van der Waals surface area contributed by atoms with Crippen LogP contribution in [0.15, 0.2) is 48.5 Å². The van der Waals surface area contributed by atoms with Crippen LogP contribution in [0.4, 0.5) is 20.3 Å². The fourth-order valence-electron chi connectivity index (χ4n) is 5.49. The Bertz CT molecular complexity index is 1710. The van der Waals surface area contributed by atoms with Gasteiger partial charge in [-0.3, -0.25) is 4.90 Å². The predicted molar refractivity (Wildman–Crippen MR) is 154 cm³/mol. The van der Waals surface area contributed by atoms with E-state index in [0.717, 1.165) is 29.3 Å². The summed E-state index contributed by atoms with van der Waals surface area (Å²) in [5.74, 6) is -0.830. The molecule has 43 heavy (non-hydrogen) atoms. The van der Waals surface area contributed by atoms with E-state index in [4.69, 9.17) is 21.0 Å². The van der Waals surface area contributed by atoms with E-state index in [-0.39, 0.29) is 47.3 Å². The van der Waals surface area contributed by atoms with E-state index in [1.165, 1.54) is 24.3 Å². The van der Waals surface area contributed by atoms with Gasteiger partial charge in [-0.2, -0.15) is 4.98 Å². The average Bonchev–Trinajstić information content (AvgIpc) is 3.36. The second-order valence-electron chi connectivity index (χ2n) is 10.7. The van der Waals surface area contributed by atoms with E-state index in [0.29, 0.717) is 39.3 Å². The van der Waals surface area contributed by atoms with E-state index < -0.39 is 17.6 Å². The predicted octanol–water partition coefficient (Wildman–Crippen LogP) is 5.21. The second kappa shape index (κ2) is 11.9. The van der Waals surface area contributed by atoms with Crippen LogP contribution in [0.2, 0.25) is 0 Å². The molecule has 2 fully saturated rings. The van der Waals surface area contributed by atoms with Crippen LogP contribution in [0, 0.1) is 18.2 Å². The number of imidazole rings is 1. The lowest BCUT2D eigenvalue weighted by molar-refractivity contribution is -0.0594. The van der Waals surface area contributed by atoms with Gasteiger partial charge in [0.15, 0.2) is 17.3 Å². The first kappa shape index (κ1) is 28.5. The molecule has 0 saturated carbocycles. The molecule has 12 heteroatoms. The minimum atomic E-state index is -0.988. The Hall–Kier alpha value is -4.60. The summed E-state index contributed by atoms with van der Waals surface area (Å²) in [5, 5.41) is 9.53. The molecule has 0 amide bonds. The molecule has 2 aliphatic rings. The Balaban J connectivity index is 1.15. The van der Waals surface area contributed by atoms with Crippen molar-refractivity contribution >= 4 is 28.5 Å². The quantitative estimate of drug-likeness (QED) is 0.266. The smallest absolute Gasteiger partial charge is 0.335 e. The number of carboxylic acids is 1. The van der Waals surface area contributed by atoms with Crippen LogP contribution in [-0.4, -0.2) is 69.4 Å². The molecule has 1 N–H and O–H groups in total. The van der Waals surface area contributed by atoms with Crippen molar-refractivity contribution in [2.45, 2.75) is 38.6 Å². The number of nitrogens with zero attached hydrogens (tertiary/aromatic N) is 6. The van der Waals surface area contributed by atoms with Gasteiger partial charge < -0.3 is 24.0 Å².